The predicted octanol–water partition coefficient (Wildman–Crippen LogP) is 3.42. The molecule has 19 heavy (non-hydrogen) atoms. The molecular weight excluding hydrogens is 306 g/mol. The number of anilines is 1. The van der Waals surface area contributed by atoms with Crippen LogP contribution in [0.1, 0.15) is 18.1 Å². The molecule has 0 aliphatic carbocycles. The van der Waals surface area contributed by atoms with E-state index in [4.69, 9.17) is 4.74 Å². The van der Waals surface area contributed by atoms with Crippen LogP contribution in [0.3, 0.4) is 0 Å². The first-order chi connectivity index (χ1) is 9.24. The molecule has 100 valence electrons. The van der Waals surface area contributed by atoms with Gasteiger partial charge in [0, 0.05) is 11.5 Å². The molecule has 0 saturated carbocycles. The maximum Gasteiger partial charge on any atom is 0.222 e. The molecule has 0 bridgehead atoms. The molecule has 2 rings (SSSR count). The van der Waals surface area contributed by atoms with Crippen LogP contribution in [0.25, 0.3) is 0 Å². The lowest BCUT2D eigenvalue weighted by molar-refractivity contribution is 0.290. The molecule has 2 aromatic rings. The molecule has 0 unspecified atom stereocenters. The molecule has 1 aromatic heterocycles. The van der Waals surface area contributed by atoms with Crippen molar-refractivity contribution in [3.05, 3.63) is 46.2 Å². The van der Waals surface area contributed by atoms with Gasteiger partial charge in [-0.3, -0.25) is 0 Å². The minimum atomic E-state index is 0.493. The molecule has 0 saturated heterocycles. The van der Waals surface area contributed by atoms with Crippen molar-refractivity contribution in [1.82, 2.24) is 9.97 Å². The van der Waals surface area contributed by atoms with Gasteiger partial charge >= 0.3 is 0 Å². The molecule has 0 aliphatic heterocycles. The Kier molecular flexibility index (Phi) is 4.74. The van der Waals surface area contributed by atoms with Gasteiger partial charge in [0.25, 0.3) is 0 Å². The summed E-state index contributed by atoms with van der Waals surface area (Å²) >= 11 is 3.45. The number of nitrogens with one attached hydrogen (secondary N) is 1. The van der Waals surface area contributed by atoms with Crippen LogP contribution in [0, 0.1) is 0 Å². The molecule has 1 N–H and O–H groups in total. The number of benzene rings is 1. The van der Waals surface area contributed by atoms with Gasteiger partial charge in [0.1, 0.15) is 18.8 Å². The van der Waals surface area contributed by atoms with Crippen LogP contribution in [0.2, 0.25) is 0 Å². The van der Waals surface area contributed by atoms with E-state index in [-0.39, 0.29) is 0 Å². The second kappa shape index (κ2) is 6.52. The zero-order chi connectivity index (χ0) is 13.7. The highest BCUT2D eigenvalue weighted by Gasteiger charge is 2.09. The van der Waals surface area contributed by atoms with Crippen molar-refractivity contribution in [2.75, 3.05) is 12.4 Å². The molecule has 1 aromatic carbocycles. The number of rotatable bonds is 5. The molecule has 0 fully saturated rings. The molecule has 0 amide bonds. The minimum absolute atomic E-state index is 0.493. The predicted molar refractivity (Wildman–Crippen MR) is 79.4 cm³/mol. The average molecular weight is 322 g/mol. The standard InChI is InChI=1S/C14H16BrN3O/c1-3-12-13(16-2)17-9-18-14(12)19-8-10-5-4-6-11(15)7-10/h4-7,9H,3,8H2,1-2H3,(H,16,17,18). The largest absolute Gasteiger partial charge is 0.472 e. The summed E-state index contributed by atoms with van der Waals surface area (Å²) in [6.07, 6.45) is 2.34. The quantitative estimate of drug-likeness (QED) is 0.916. The lowest BCUT2D eigenvalue weighted by Gasteiger charge is -2.12. The number of hydrogen-bond donors (Lipinski definition) is 1. The first kappa shape index (κ1) is 13.8. The van der Waals surface area contributed by atoms with Gasteiger partial charge < -0.3 is 10.1 Å². The van der Waals surface area contributed by atoms with Crippen molar-refractivity contribution in [2.24, 2.45) is 0 Å². The molecule has 0 spiro atoms. The topological polar surface area (TPSA) is 47.0 Å². The van der Waals surface area contributed by atoms with Crippen LogP contribution in [-0.4, -0.2) is 17.0 Å². The lowest BCUT2D eigenvalue weighted by Crippen LogP contribution is -2.05. The van der Waals surface area contributed by atoms with Crippen molar-refractivity contribution < 1.29 is 4.74 Å². The Balaban J connectivity index is 2.15. The van der Waals surface area contributed by atoms with Gasteiger partial charge in [-0.1, -0.05) is 35.0 Å². The van der Waals surface area contributed by atoms with Crippen LogP contribution < -0.4 is 10.1 Å². The average Bonchev–Trinajstić information content (AvgIpc) is 2.44. The normalized spacial score (nSPS) is 10.3. The Morgan fingerprint density at radius 2 is 2.16 bits per heavy atom. The van der Waals surface area contributed by atoms with E-state index >= 15 is 0 Å². The van der Waals surface area contributed by atoms with Crippen LogP contribution in [-0.2, 0) is 13.0 Å². The second-order valence-corrected chi connectivity index (χ2v) is 4.94. The fourth-order valence-corrected chi connectivity index (χ4v) is 2.28. The Hall–Kier alpha value is -1.62. The highest BCUT2D eigenvalue weighted by atomic mass is 79.9. The molecule has 4 nitrogen and oxygen atoms in total. The van der Waals surface area contributed by atoms with Gasteiger partial charge in [0.2, 0.25) is 5.88 Å². The highest BCUT2D eigenvalue weighted by molar-refractivity contribution is 9.10. The fourth-order valence-electron chi connectivity index (χ4n) is 1.83. The zero-order valence-corrected chi connectivity index (χ0v) is 12.6. The van der Waals surface area contributed by atoms with E-state index in [1.165, 1.54) is 6.33 Å². The van der Waals surface area contributed by atoms with Gasteiger partial charge in [-0.15, -0.1) is 0 Å². The summed E-state index contributed by atoms with van der Waals surface area (Å²) in [7, 11) is 1.85. The number of nitrogens with zero attached hydrogens (tertiary/aromatic N) is 2. The Labute approximate surface area is 121 Å². The Morgan fingerprint density at radius 1 is 1.32 bits per heavy atom. The van der Waals surface area contributed by atoms with Gasteiger partial charge in [-0.05, 0) is 24.1 Å². The summed E-state index contributed by atoms with van der Waals surface area (Å²) in [4.78, 5) is 8.40. The molecule has 0 aliphatic rings. The van der Waals surface area contributed by atoms with E-state index in [9.17, 15) is 0 Å². The maximum absolute atomic E-state index is 5.80. The van der Waals surface area contributed by atoms with Crippen LogP contribution >= 0.6 is 15.9 Å². The maximum atomic E-state index is 5.80. The van der Waals surface area contributed by atoms with Gasteiger partial charge in [-0.2, -0.15) is 0 Å². The van der Waals surface area contributed by atoms with Gasteiger partial charge in [0.05, 0.1) is 5.56 Å². The lowest BCUT2D eigenvalue weighted by atomic mass is 10.2. The van der Waals surface area contributed by atoms with Crippen molar-refractivity contribution in [2.45, 2.75) is 20.0 Å². The summed E-state index contributed by atoms with van der Waals surface area (Å²) in [5.41, 5.74) is 2.10. The highest BCUT2D eigenvalue weighted by Crippen LogP contribution is 2.23. The van der Waals surface area contributed by atoms with E-state index in [1.807, 2.05) is 31.3 Å². The Morgan fingerprint density at radius 3 is 2.84 bits per heavy atom. The van der Waals surface area contributed by atoms with E-state index in [0.717, 1.165) is 27.8 Å². The van der Waals surface area contributed by atoms with Gasteiger partial charge in [0.15, 0.2) is 0 Å². The summed E-state index contributed by atoms with van der Waals surface area (Å²) < 4.78 is 6.84. The number of aromatic nitrogens is 2. The zero-order valence-electron chi connectivity index (χ0n) is 11.0. The van der Waals surface area contributed by atoms with Crippen molar-refractivity contribution >= 4 is 21.7 Å². The van der Waals surface area contributed by atoms with Crippen molar-refractivity contribution in [3.8, 4) is 5.88 Å². The minimum Gasteiger partial charge on any atom is -0.472 e. The third-order valence-electron chi connectivity index (χ3n) is 2.76. The smallest absolute Gasteiger partial charge is 0.222 e. The molecular formula is C14H16BrN3O. The third-order valence-corrected chi connectivity index (χ3v) is 3.25. The molecule has 1 heterocycles. The van der Waals surface area contributed by atoms with E-state index in [2.05, 4.69) is 38.1 Å². The summed E-state index contributed by atoms with van der Waals surface area (Å²) in [6, 6.07) is 8.04. The van der Waals surface area contributed by atoms with E-state index < -0.39 is 0 Å². The number of ether oxygens (including phenoxy) is 1. The third kappa shape index (κ3) is 3.44. The van der Waals surface area contributed by atoms with Crippen LogP contribution in [0.4, 0.5) is 5.82 Å². The van der Waals surface area contributed by atoms with Crippen molar-refractivity contribution in [3.63, 3.8) is 0 Å². The molecule has 0 radical (unpaired) electrons. The molecule has 5 heteroatoms. The first-order valence-electron chi connectivity index (χ1n) is 6.13. The summed E-state index contributed by atoms with van der Waals surface area (Å²) in [5, 5.41) is 3.06. The number of halogens is 1. The van der Waals surface area contributed by atoms with E-state index in [1.54, 1.807) is 0 Å². The fraction of sp³-hybridized carbons (Fsp3) is 0.286. The Bertz CT molecular complexity index is 560. The second-order valence-electron chi connectivity index (χ2n) is 4.03. The SMILES string of the molecule is CCc1c(NC)ncnc1OCc1cccc(Br)c1. The van der Waals surface area contributed by atoms with Crippen LogP contribution in [0.5, 0.6) is 5.88 Å². The summed E-state index contributed by atoms with van der Waals surface area (Å²) in [5.74, 6) is 1.46. The monoisotopic (exact) mass is 321 g/mol. The van der Waals surface area contributed by atoms with Gasteiger partial charge in [-0.25, -0.2) is 9.97 Å². The molecule has 0 atom stereocenters. The summed E-state index contributed by atoms with van der Waals surface area (Å²) in [6.45, 7) is 2.55. The van der Waals surface area contributed by atoms with E-state index in [0.29, 0.717) is 12.5 Å². The van der Waals surface area contributed by atoms with Crippen molar-refractivity contribution in [1.29, 1.82) is 0 Å². The first-order valence-corrected chi connectivity index (χ1v) is 6.92. The number of hydrogen-bond acceptors (Lipinski definition) is 4. The van der Waals surface area contributed by atoms with Crippen LogP contribution in [0.15, 0.2) is 35.1 Å².